The van der Waals surface area contributed by atoms with Crippen LogP contribution in [0.15, 0.2) is 91.3 Å². The van der Waals surface area contributed by atoms with Gasteiger partial charge in [0.25, 0.3) is 0 Å². The number of para-hydroxylation sites is 2. The minimum Gasteiger partial charge on any atom is -0.410 e. The van der Waals surface area contributed by atoms with Gasteiger partial charge in [-0.15, -0.1) is 0 Å². The highest BCUT2D eigenvalue weighted by atomic mass is 16.6. The van der Waals surface area contributed by atoms with Crippen molar-refractivity contribution in [3.63, 3.8) is 0 Å². The first kappa shape index (κ1) is 17.9. The second-order valence-electron chi connectivity index (χ2n) is 6.81. The lowest BCUT2D eigenvalue weighted by Gasteiger charge is -2.22. The van der Waals surface area contributed by atoms with Gasteiger partial charge in [-0.05, 0) is 49.7 Å². The Morgan fingerprint density at radius 2 is 1.43 bits per heavy atom. The fraction of sp³-hybridized carbons (Fsp3) is 0.125. The summed E-state index contributed by atoms with van der Waals surface area (Å²) >= 11 is 0. The van der Waals surface area contributed by atoms with E-state index in [4.69, 9.17) is 4.74 Å². The van der Waals surface area contributed by atoms with E-state index in [-0.39, 0.29) is 5.92 Å². The van der Waals surface area contributed by atoms with Crippen molar-refractivity contribution in [1.29, 1.82) is 0 Å². The van der Waals surface area contributed by atoms with Gasteiger partial charge in [-0.3, -0.25) is 4.90 Å². The topological polar surface area (TPSA) is 34.5 Å². The van der Waals surface area contributed by atoms with E-state index in [0.29, 0.717) is 5.75 Å². The number of amides is 1. The zero-order chi connectivity index (χ0) is 19.5. The van der Waals surface area contributed by atoms with Crippen LogP contribution in [0.5, 0.6) is 5.75 Å². The number of aryl methyl sites for hydroxylation is 2. The number of hydrogen-bond donors (Lipinski definition) is 0. The third-order valence-electron chi connectivity index (χ3n) is 4.88. The normalized spacial score (nSPS) is 13.7. The van der Waals surface area contributed by atoms with Gasteiger partial charge >= 0.3 is 6.09 Å². The molecule has 1 aliphatic rings. The Hall–Kier alpha value is -3.53. The molecule has 0 fully saturated rings. The third-order valence-corrected chi connectivity index (χ3v) is 4.88. The van der Waals surface area contributed by atoms with Crippen LogP contribution in [0.4, 0.5) is 4.79 Å². The van der Waals surface area contributed by atoms with Crippen LogP contribution in [-0.2, 0) is 0 Å². The first-order valence-electron chi connectivity index (χ1n) is 9.29. The van der Waals surface area contributed by atoms with Gasteiger partial charge in [-0.2, -0.15) is 0 Å². The maximum atomic E-state index is 12.4. The summed E-state index contributed by atoms with van der Waals surface area (Å²) in [7, 11) is 0. The van der Waals surface area contributed by atoms with Crippen LogP contribution < -0.4 is 4.74 Å². The van der Waals surface area contributed by atoms with Crippen LogP contribution in [0.2, 0.25) is 0 Å². The molecule has 0 radical (unpaired) electrons. The number of allylic oxidation sites excluding steroid dienone is 2. The number of aromatic nitrogens is 1. The fourth-order valence-electron chi connectivity index (χ4n) is 3.48. The first-order valence-corrected chi connectivity index (χ1v) is 9.29. The highest BCUT2D eigenvalue weighted by Gasteiger charge is 2.19. The van der Waals surface area contributed by atoms with E-state index in [1.54, 1.807) is 24.5 Å². The van der Waals surface area contributed by atoms with Gasteiger partial charge in [-0.1, -0.05) is 48.6 Å². The Kier molecular flexibility index (Phi) is 4.85. The summed E-state index contributed by atoms with van der Waals surface area (Å²) in [6.07, 6.45) is 7.13. The molecule has 0 aliphatic carbocycles. The van der Waals surface area contributed by atoms with Gasteiger partial charge in [0.1, 0.15) is 5.75 Å². The zero-order valence-corrected chi connectivity index (χ0v) is 15.9. The number of hydrogen-bond acceptors (Lipinski definition) is 2. The predicted molar refractivity (Wildman–Crippen MR) is 111 cm³/mol. The molecule has 1 amide bonds. The maximum Gasteiger partial charge on any atom is 0.423 e. The quantitative estimate of drug-likeness (QED) is 0.591. The van der Waals surface area contributed by atoms with Crippen molar-refractivity contribution in [2.24, 2.45) is 0 Å². The lowest BCUT2D eigenvalue weighted by atomic mass is 9.95. The van der Waals surface area contributed by atoms with E-state index in [0.717, 1.165) is 5.69 Å². The lowest BCUT2D eigenvalue weighted by molar-refractivity contribution is 0.181. The molecule has 140 valence electrons. The van der Waals surface area contributed by atoms with Crippen LogP contribution >= 0.6 is 0 Å². The summed E-state index contributed by atoms with van der Waals surface area (Å²) in [5.74, 6) is 0.610. The summed E-state index contributed by atoms with van der Waals surface area (Å²) in [6, 6.07) is 21.7. The van der Waals surface area contributed by atoms with Crippen LogP contribution in [-0.4, -0.2) is 15.6 Å². The highest BCUT2D eigenvalue weighted by molar-refractivity contribution is 5.73. The number of nitrogens with zero attached hydrogens (tertiary/aromatic N) is 2. The molecule has 3 aromatic rings. The summed E-state index contributed by atoms with van der Waals surface area (Å²) in [5, 5.41) is 0. The molecule has 0 saturated heterocycles. The fourth-order valence-corrected chi connectivity index (χ4v) is 3.48. The molecule has 2 aromatic carbocycles. The van der Waals surface area contributed by atoms with Crippen molar-refractivity contribution in [1.82, 2.24) is 9.47 Å². The van der Waals surface area contributed by atoms with Gasteiger partial charge in [0.2, 0.25) is 0 Å². The zero-order valence-electron chi connectivity index (χ0n) is 15.9. The number of carbonyl (C=O) groups excluding carboxylic acids is 1. The average molecular weight is 370 g/mol. The molecule has 1 aromatic heterocycles. The van der Waals surface area contributed by atoms with Gasteiger partial charge in [-0.25, -0.2) is 4.79 Å². The van der Waals surface area contributed by atoms with Crippen molar-refractivity contribution < 1.29 is 9.53 Å². The summed E-state index contributed by atoms with van der Waals surface area (Å²) in [6.45, 7) is 4.22. The summed E-state index contributed by atoms with van der Waals surface area (Å²) in [4.78, 5) is 13.8. The van der Waals surface area contributed by atoms with Crippen LogP contribution in [0.1, 0.15) is 22.9 Å². The molecule has 1 aliphatic heterocycles. The average Bonchev–Trinajstić information content (AvgIpc) is 3.07. The predicted octanol–water partition coefficient (Wildman–Crippen LogP) is 5.72. The Labute approximate surface area is 165 Å². The molecule has 0 N–H and O–H groups in total. The smallest absolute Gasteiger partial charge is 0.410 e. The Bertz CT molecular complexity index is 1010. The molecule has 2 heterocycles. The molecular weight excluding hydrogens is 348 g/mol. The number of carbonyl (C=O) groups is 1. The molecule has 0 bridgehead atoms. The summed E-state index contributed by atoms with van der Waals surface area (Å²) < 4.78 is 7.65. The van der Waals surface area contributed by atoms with Gasteiger partial charge < -0.3 is 9.30 Å². The maximum absolute atomic E-state index is 12.4. The van der Waals surface area contributed by atoms with Gasteiger partial charge in [0.15, 0.2) is 0 Å². The molecule has 4 rings (SSSR count). The monoisotopic (exact) mass is 370 g/mol. The number of rotatable bonds is 3. The molecule has 4 heteroatoms. The third kappa shape index (κ3) is 3.49. The van der Waals surface area contributed by atoms with E-state index in [2.05, 4.69) is 48.7 Å². The molecule has 0 saturated carbocycles. The van der Waals surface area contributed by atoms with Crippen molar-refractivity contribution in [2.75, 3.05) is 0 Å². The highest BCUT2D eigenvalue weighted by Crippen LogP contribution is 2.30. The molecular formula is C24H22N2O2. The second-order valence-corrected chi connectivity index (χ2v) is 6.81. The van der Waals surface area contributed by atoms with Gasteiger partial charge in [0.05, 0.1) is 0 Å². The molecule has 0 unspecified atom stereocenters. The Morgan fingerprint density at radius 1 is 0.821 bits per heavy atom. The van der Waals surface area contributed by atoms with E-state index < -0.39 is 6.09 Å². The number of benzene rings is 2. The molecule has 28 heavy (non-hydrogen) atoms. The second kappa shape index (κ2) is 7.61. The minimum atomic E-state index is -0.428. The van der Waals surface area contributed by atoms with Crippen LogP contribution in [0.3, 0.4) is 0 Å². The van der Waals surface area contributed by atoms with Crippen molar-refractivity contribution >= 4 is 6.09 Å². The van der Waals surface area contributed by atoms with E-state index in [1.165, 1.54) is 21.9 Å². The van der Waals surface area contributed by atoms with Crippen LogP contribution in [0.25, 0.3) is 5.69 Å². The van der Waals surface area contributed by atoms with Crippen molar-refractivity contribution in [3.8, 4) is 11.4 Å². The van der Waals surface area contributed by atoms with E-state index >= 15 is 0 Å². The Morgan fingerprint density at radius 3 is 2.11 bits per heavy atom. The molecule has 0 spiro atoms. The SMILES string of the molecule is Cc1ccc(C)n1-c1ccccc1C1C=CN(C(=O)Oc2ccccc2)C=C1. The first-order chi connectivity index (χ1) is 13.6. The molecule has 4 nitrogen and oxygen atoms in total. The minimum absolute atomic E-state index is 0.0816. The lowest BCUT2D eigenvalue weighted by Crippen LogP contribution is -2.25. The van der Waals surface area contributed by atoms with Crippen LogP contribution in [0, 0.1) is 13.8 Å². The van der Waals surface area contributed by atoms with Crippen molar-refractivity contribution in [2.45, 2.75) is 19.8 Å². The molecule has 0 atom stereocenters. The van der Waals surface area contributed by atoms with E-state index in [9.17, 15) is 4.79 Å². The number of ether oxygens (including phenoxy) is 1. The summed E-state index contributed by atoms with van der Waals surface area (Å²) in [5.41, 5.74) is 4.74. The standard InChI is InChI=1S/C24H22N2O2/c1-18-12-13-19(2)26(18)23-11-7-6-10-22(23)20-14-16-25(17-15-20)24(27)28-21-8-4-3-5-9-21/h3-17,20H,1-2H3. The van der Waals surface area contributed by atoms with E-state index in [1.807, 2.05) is 36.4 Å². The van der Waals surface area contributed by atoms with Gasteiger partial charge in [0, 0.05) is 35.4 Å². The largest absolute Gasteiger partial charge is 0.423 e. The van der Waals surface area contributed by atoms with Crippen molar-refractivity contribution in [3.05, 3.63) is 108 Å². The Balaban J connectivity index is 1.55.